The Morgan fingerprint density at radius 1 is 0.231 bits per heavy atom. The highest BCUT2D eigenvalue weighted by Crippen LogP contribution is 2.67. The number of aromatic hydroxyl groups is 16. The Morgan fingerprint density at radius 3 is 1.34 bits per heavy atom. The van der Waals surface area contributed by atoms with Gasteiger partial charge in [0.15, 0.2) is 45.8 Å². The Labute approximate surface area is 360 Å². The highest BCUT2D eigenvalue weighted by atomic mass is 16.4. The summed E-state index contributed by atoms with van der Waals surface area (Å²) in [7, 11) is 0. The predicted octanol–water partition coefficient (Wildman–Crippen LogP) is 8.98. The van der Waals surface area contributed by atoms with Crippen molar-refractivity contribution in [3.8, 4) is 148 Å². The summed E-state index contributed by atoms with van der Waals surface area (Å²) < 4.78 is 6.10. The van der Waals surface area contributed by atoms with Crippen molar-refractivity contribution in [3.05, 3.63) is 72.8 Å². The zero-order valence-electron chi connectivity index (χ0n) is 32.5. The van der Waals surface area contributed by atoms with Gasteiger partial charge in [0.25, 0.3) is 0 Å². The topological polar surface area (TPSA) is 337 Å². The summed E-state index contributed by atoms with van der Waals surface area (Å²) in [5, 5.41) is 181. The van der Waals surface area contributed by atoms with Gasteiger partial charge < -0.3 is 86.1 Å². The van der Waals surface area contributed by atoms with Gasteiger partial charge in [-0.2, -0.15) is 0 Å². The van der Waals surface area contributed by atoms with Gasteiger partial charge in [-0.3, -0.25) is 0 Å². The average Bonchev–Trinajstić information content (AvgIpc) is 3.63. The fourth-order valence-electron chi connectivity index (χ4n) is 9.57. The van der Waals surface area contributed by atoms with Crippen LogP contribution in [-0.4, -0.2) is 81.7 Å². The van der Waals surface area contributed by atoms with Crippen LogP contribution in [0.4, 0.5) is 0 Å². The van der Waals surface area contributed by atoms with Crippen LogP contribution in [0.15, 0.2) is 77.2 Å². The second-order valence-electron chi connectivity index (χ2n) is 15.5. The molecule has 17 heteroatoms. The minimum absolute atomic E-state index is 0.0330. The second-order valence-corrected chi connectivity index (χ2v) is 15.5. The molecule has 0 atom stereocenters. The normalized spacial score (nSPS) is 12.1. The van der Waals surface area contributed by atoms with Crippen LogP contribution in [0.5, 0.6) is 92.0 Å². The number of phenols is 16. The van der Waals surface area contributed by atoms with Gasteiger partial charge in [-0.1, -0.05) is 72.8 Å². The number of fused-ring (bicyclic) bond motifs is 6. The van der Waals surface area contributed by atoms with Gasteiger partial charge in [0.2, 0.25) is 40.2 Å². The Balaban J connectivity index is 1.41. The molecular formula is C48H28O17. The molecule has 0 fully saturated rings. The molecular weight excluding hydrogens is 849 g/mol. The Morgan fingerprint density at radius 2 is 0.692 bits per heavy atom. The van der Waals surface area contributed by atoms with Crippen LogP contribution < -0.4 is 0 Å². The first-order chi connectivity index (χ1) is 31.0. The smallest absolute Gasteiger partial charge is 0.208 e. The van der Waals surface area contributed by atoms with E-state index in [1.807, 2.05) is 0 Å². The summed E-state index contributed by atoms with van der Waals surface area (Å²) in [6, 6.07) is 18.1. The van der Waals surface area contributed by atoms with E-state index >= 15 is 0 Å². The standard InChI is InChI=1S/C48H28O17/c49-31-22-17-12-6-11-16-19(27-32(50)23(28-36(54)41(59)45(63)42(60)37(28)55)18(33(51)35(27)53)13-7-2-1-3-8-13)14-9-4-5-10-15(14)21(20(16)17)24-26-25(22)47(65-48(26)46(64)44(62)34(24)52)30-29(31)38(56)40(58)43(61)39(30)57/h1-12,49-64H. The first kappa shape index (κ1) is 38.3. The largest absolute Gasteiger partial charge is 0.506 e. The Hall–Kier alpha value is -9.64. The average molecular weight is 877 g/mol. The quantitative estimate of drug-likeness (QED) is 0.0447. The molecule has 0 aliphatic heterocycles. The van der Waals surface area contributed by atoms with Crippen molar-refractivity contribution in [2.75, 3.05) is 0 Å². The van der Waals surface area contributed by atoms with Crippen LogP contribution in [0.3, 0.4) is 0 Å². The van der Waals surface area contributed by atoms with E-state index in [4.69, 9.17) is 4.42 Å². The number of furan rings is 1. The fraction of sp³-hybridized carbons (Fsp3) is 0. The molecule has 1 aliphatic carbocycles. The van der Waals surface area contributed by atoms with E-state index < -0.39 is 136 Å². The lowest BCUT2D eigenvalue weighted by Gasteiger charge is -2.24. The molecule has 322 valence electrons. The van der Waals surface area contributed by atoms with Crippen molar-refractivity contribution in [2.24, 2.45) is 0 Å². The molecule has 16 N–H and O–H groups in total. The molecule has 10 aromatic rings. The molecule has 0 spiro atoms. The third-order valence-electron chi connectivity index (χ3n) is 12.3. The molecule has 0 amide bonds. The zero-order chi connectivity index (χ0) is 46.0. The van der Waals surface area contributed by atoms with Crippen LogP contribution in [0.2, 0.25) is 0 Å². The van der Waals surface area contributed by atoms with E-state index in [1.165, 1.54) is 54.6 Å². The van der Waals surface area contributed by atoms with E-state index in [-0.39, 0.29) is 65.7 Å². The molecule has 0 radical (unpaired) electrons. The van der Waals surface area contributed by atoms with Crippen molar-refractivity contribution in [2.45, 2.75) is 0 Å². The SMILES string of the molecule is Oc1c(O)c(O)c(-c2c(O)c(-c3c4ccccc4c4c5c(cccc35)-c3c(O)c5c(O)c(O)c(O)c(O)c5c5oc6c(O)c(O)c(O)c-4c6c35)c(O)c(O)c2-c2ccccc2)c(O)c1O. The third kappa shape index (κ3) is 4.43. The van der Waals surface area contributed by atoms with Gasteiger partial charge >= 0.3 is 0 Å². The van der Waals surface area contributed by atoms with Crippen LogP contribution in [-0.2, 0) is 0 Å². The number of hydrogen-bond donors (Lipinski definition) is 16. The molecule has 65 heavy (non-hydrogen) atoms. The van der Waals surface area contributed by atoms with Crippen molar-refractivity contribution in [1.82, 2.24) is 0 Å². The monoisotopic (exact) mass is 876 g/mol. The minimum Gasteiger partial charge on any atom is -0.506 e. The summed E-state index contributed by atoms with van der Waals surface area (Å²) in [5.41, 5.74) is -3.86. The molecule has 0 saturated carbocycles. The maximum atomic E-state index is 12.7. The zero-order valence-corrected chi connectivity index (χ0v) is 32.5. The van der Waals surface area contributed by atoms with Gasteiger partial charge in [-0.15, -0.1) is 0 Å². The van der Waals surface area contributed by atoms with E-state index in [9.17, 15) is 81.7 Å². The lowest BCUT2D eigenvalue weighted by molar-refractivity contribution is 0.329. The molecule has 17 nitrogen and oxygen atoms in total. The van der Waals surface area contributed by atoms with Gasteiger partial charge in [0.05, 0.1) is 21.9 Å². The molecule has 1 aromatic heterocycles. The molecule has 11 rings (SSSR count). The van der Waals surface area contributed by atoms with Gasteiger partial charge in [0, 0.05) is 44.2 Å². The molecule has 0 saturated heterocycles. The second kappa shape index (κ2) is 12.5. The fourth-order valence-corrected chi connectivity index (χ4v) is 9.57. The maximum Gasteiger partial charge on any atom is 0.208 e. The van der Waals surface area contributed by atoms with Crippen LogP contribution in [0, 0.1) is 0 Å². The number of rotatable bonds is 3. The summed E-state index contributed by atoms with van der Waals surface area (Å²) in [6.07, 6.45) is 0. The van der Waals surface area contributed by atoms with Crippen LogP contribution >= 0.6 is 0 Å². The minimum atomic E-state index is -1.32. The lowest BCUT2D eigenvalue weighted by Crippen LogP contribution is -1.97. The number of hydrogen-bond acceptors (Lipinski definition) is 17. The highest BCUT2D eigenvalue weighted by molar-refractivity contribution is 6.38. The number of benzene rings is 9. The molecule has 1 aliphatic rings. The van der Waals surface area contributed by atoms with Crippen LogP contribution in [0.25, 0.3) is 110 Å². The van der Waals surface area contributed by atoms with Gasteiger partial charge in [-0.25, -0.2) is 0 Å². The first-order valence-corrected chi connectivity index (χ1v) is 19.2. The maximum absolute atomic E-state index is 12.7. The number of phenolic OH excluding ortho intramolecular Hbond substituents is 16. The molecule has 0 bridgehead atoms. The highest BCUT2D eigenvalue weighted by Gasteiger charge is 2.39. The summed E-state index contributed by atoms with van der Waals surface area (Å²) >= 11 is 0. The van der Waals surface area contributed by atoms with Gasteiger partial charge in [0.1, 0.15) is 17.1 Å². The molecule has 9 aromatic carbocycles. The Kier molecular flexibility index (Phi) is 7.35. The van der Waals surface area contributed by atoms with E-state index in [0.29, 0.717) is 0 Å². The first-order valence-electron chi connectivity index (χ1n) is 19.2. The summed E-state index contributed by atoms with van der Waals surface area (Å²) in [6.45, 7) is 0. The Bertz CT molecular complexity index is 3860. The van der Waals surface area contributed by atoms with E-state index in [1.54, 1.807) is 18.2 Å². The van der Waals surface area contributed by atoms with E-state index in [0.717, 1.165) is 0 Å². The van der Waals surface area contributed by atoms with Crippen molar-refractivity contribution in [1.29, 1.82) is 0 Å². The van der Waals surface area contributed by atoms with E-state index in [2.05, 4.69) is 0 Å². The predicted molar refractivity (Wildman–Crippen MR) is 234 cm³/mol. The molecule has 1 heterocycles. The van der Waals surface area contributed by atoms with Crippen LogP contribution in [0.1, 0.15) is 0 Å². The van der Waals surface area contributed by atoms with Crippen molar-refractivity contribution < 1.29 is 86.1 Å². The van der Waals surface area contributed by atoms with Gasteiger partial charge in [-0.05, 0) is 32.7 Å². The molecule has 0 unspecified atom stereocenters. The van der Waals surface area contributed by atoms with Crippen molar-refractivity contribution >= 4 is 54.3 Å². The van der Waals surface area contributed by atoms with Crippen molar-refractivity contribution in [3.63, 3.8) is 0 Å². The lowest BCUT2D eigenvalue weighted by atomic mass is 9.81. The summed E-state index contributed by atoms with van der Waals surface area (Å²) in [5.74, 6) is -17.8. The summed E-state index contributed by atoms with van der Waals surface area (Å²) in [4.78, 5) is 0. The third-order valence-corrected chi connectivity index (χ3v) is 12.3.